The lowest BCUT2D eigenvalue weighted by atomic mass is 9.53. The van der Waals surface area contributed by atoms with E-state index in [0.29, 0.717) is 0 Å². The molecule has 1 amide bonds. The quantitative estimate of drug-likeness (QED) is 0.818. The Bertz CT molecular complexity index is 837. The molecule has 2 aromatic carbocycles. The van der Waals surface area contributed by atoms with Gasteiger partial charge in [-0.05, 0) is 68.4 Å². The summed E-state index contributed by atoms with van der Waals surface area (Å²) in [5.41, 5.74) is 2.01. The highest BCUT2D eigenvalue weighted by Gasteiger charge is 2.52. The van der Waals surface area contributed by atoms with Crippen molar-refractivity contribution in [3.63, 3.8) is 0 Å². The van der Waals surface area contributed by atoms with E-state index in [1.807, 2.05) is 48.5 Å². The number of nitrogens with one attached hydrogen (secondary N) is 1. The van der Waals surface area contributed by atoms with E-state index >= 15 is 0 Å². The van der Waals surface area contributed by atoms with Gasteiger partial charge < -0.3 is 10.1 Å². The molecule has 0 radical (unpaired) electrons. The van der Waals surface area contributed by atoms with Gasteiger partial charge in [-0.15, -0.1) is 0 Å². The first-order valence-corrected chi connectivity index (χ1v) is 10.4. The highest BCUT2D eigenvalue weighted by Crippen LogP contribution is 2.56. The lowest BCUT2D eigenvalue weighted by Gasteiger charge is -2.57. The van der Waals surface area contributed by atoms with Crippen molar-refractivity contribution in [2.24, 2.45) is 17.8 Å². The second-order valence-corrected chi connectivity index (χ2v) is 9.30. The Hall–Kier alpha value is -2.29. The zero-order valence-corrected chi connectivity index (χ0v) is 15.5. The number of carbonyl (C=O) groups excluding carboxylic acids is 1. The molecular formula is C24H25NO2. The summed E-state index contributed by atoms with van der Waals surface area (Å²) in [4.78, 5) is 13.6. The minimum Gasteiger partial charge on any atom is -0.457 e. The van der Waals surface area contributed by atoms with Crippen LogP contribution in [0.15, 0.2) is 48.5 Å². The molecule has 27 heavy (non-hydrogen) atoms. The molecule has 1 N–H and O–H groups in total. The van der Waals surface area contributed by atoms with Crippen LogP contribution in [0.25, 0.3) is 0 Å². The fraction of sp³-hybridized carbons (Fsp3) is 0.458. The summed E-state index contributed by atoms with van der Waals surface area (Å²) in [6.07, 6.45) is 7.69. The van der Waals surface area contributed by atoms with E-state index < -0.39 is 0 Å². The van der Waals surface area contributed by atoms with Gasteiger partial charge in [0, 0.05) is 16.7 Å². The molecule has 3 heteroatoms. The molecule has 4 bridgehead atoms. The number of ether oxygens (including phenoxy) is 1. The Morgan fingerprint density at radius 3 is 1.81 bits per heavy atom. The minimum atomic E-state index is -0.279. The van der Waals surface area contributed by atoms with Crippen molar-refractivity contribution in [2.45, 2.75) is 50.0 Å². The van der Waals surface area contributed by atoms with Crippen molar-refractivity contribution in [3.8, 4) is 11.5 Å². The van der Waals surface area contributed by atoms with Crippen LogP contribution in [0.4, 0.5) is 0 Å². The molecule has 4 fully saturated rings. The van der Waals surface area contributed by atoms with Crippen LogP contribution in [-0.2, 0) is 4.79 Å². The number of benzene rings is 2. The molecule has 0 saturated heterocycles. The Morgan fingerprint density at radius 1 is 0.815 bits per heavy atom. The van der Waals surface area contributed by atoms with Crippen LogP contribution in [-0.4, -0.2) is 11.4 Å². The summed E-state index contributed by atoms with van der Waals surface area (Å²) in [6.45, 7) is 0. The zero-order valence-electron chi connectivity index (χ0n) is 15.5. The van der Waals surface area contributed by atoms with E-state index in [4.69, 9.17) is 4.74 Å². The third-order valence-electron chi connectivity index (χ3n) is 7.37. The maximum absolute atomic E-state index is 13.6. The number of hydrogen-bond donors (Lipinski definition) is 1. The highest BCUT2D eigenvalue weighted by molar-refractivity contribution is 5.90. The van der Waals surface area contributed by atoms with Crippen LogP contribution in [0.3, 0.4) is 0 Å². The first kappa shape index (κ1) is 15.7. The van der Waals surface area contributed by atoms with E-state index in [-0.39, 0.29) is 17.4 Å². The third kappa shape index (κ3) is 2.44. The second-order valence-electron chi connectivity index (χ2n) is 9.30. The molecule has 2 aromatic rings. The summed E-state index contributed by atoms with van der Waals surface area (Å²) >= 11 is 0. The average molecular weight is 359 g/mol. The van der Waals surface area contributed by atoms with E-state index in [1.54, 1.807) is 0 Å². The molecule has 3 nitrogen and oxygen atoms in total. The van der Waals surface area contributed by atoms with E-state index in [1.165, 1.54) is 38.5 Å². The number of para-hydroxylation sites is 2. The molecule has 0 aromatic heterocycles. The molecule has 4 aliphatic carbocycles. The van der Waals surface area contributed by atoms with Gasteiger partial charge in [0.15, 0.2) is 0 Å². The lowest BCUT2D eigenvalue weighted by molar-refractivity contribution is -0.127. The molecule has 0 atom stereocenters. The van der Waals surface area contributed by atoms with Crippen molar-refractivity contribution in [1.82, 2.24) is 5.32 Å². The number of fused-ring (bicyclic) bond motifs is 2. The topological polar surface area (TPSA) is 38.3 Å². The number of rotatable bonds is 2. The second kappa shape index (κ2) is 5.60. The molecule has 0 unspecified atom stereocenters. The van der Waals surface area contributed by atoms with Crippen LogP contribution >= 0.6 is 0 Å². The van der Waals surface area contributed by atoms with Crippen LogP contribution in [0.5, 0.6) is 11.5 Å². The summed E-state index contributed by atoms with van der Waals surface area (Å²) in [5, 5.41) is 3.58. The molecule has 5 aliphatic rings. The minimum absolute atomic E-state index is 0.0357. The predicted octanol–water partition coefficient (Wildman–Crippen LogP) is 5.01. The van der Waals surface area contributed by atoms with Crippen molar-refractivity contribution in [3.05, 3.63) is 59.7 Å². The third-order valence-corrected chi connectivity index (χ3v) is 7.37. The van der Waals surface area contributed by atoms with E-state index in [2.05, 4.69) is 5.32 Å². The number of hydrogen-bond acceptors (Lipinski definition) is 2. The molecule has 4 saturated carbocycles. The molecule has 0 spiro atoms. The normalized spacial score (nSPS) is 33.1. The van der Waals surface area contributed by atoms with Gasteiger partial charge in [0.1, 0.15) is 11.5 Å². The van der Waals surface area contributed by atoms with Crippen molar-refractivity contribution >= 4 is 5.91 Å². The van der Waals surface area contributed by atoms with E-state index in [9.17, 15) is 4.79 Å². The van der Waals surface area contributed by atoms with Crippen molar-refractivity contribution in [1.29, 1.82) is 0 Å². The predicted molar refractivity (Wildman–Crippen MR) is 104 cm³/mol. The van der Waals surface area contributed by atoms with Gasteiger partial charge in [0.25, 0.3) is 0 Å². The number of amides is 1. The average Bonchev–Trinajstić information content (AvgIpc) is 2.64. The first-order valence-electron chi connectivity index (χ1n) is 10.4. The summed E-state index contributed by atoms with van der Waals surface area (Å²) in [6, 6.07) is 16.0. The summed E-state index contributed by atoms with van der Waals surface area (Å²) in [5.74, 6) is 3.96. The Kier molecular flexibility index (Phi) is 3.27. The van der Waals surface area contributed by atoms with E-state index in [0.717, 1.165) is 40.4 Å². The highest BCUT2D eigenvalue weighted by atomic mass is 16.5. The van der Waals surface area contributed by atoms with Crippen LogP contribution in [0.1, 0.15) is 55.6 Å². The van der Waals surface area contributed by atoms with Gasteiger partial charge in [0.05, 0.1) is 5.92 Å². The van der Waals surface area contributed by atoms with Crippen molar-refractivity contribution < 1.29 is 9.53 Å². The van der Waals surface area contributed by atoms with Crippen LogP contribution in [0.2, 0.25) is 0 Å². The monoisotopic (exact) mass is 359 g/mol. The first-order chi connectivity index (χ1) is 13.2. The van der Waals surface area contributed by atoms with Gasteiger partial charge in [-0.2, -0.15) is 0 Å². The van der Waals surface area contributed by atoms with Crippen LogP contribution < -0.4 is 10.1 Å². The maximum atomic E-state index is 13.6. The van der Waals surface area contributed by atoms with Gasteiger partial charge in [-0.3, -0.25) is 4.79 Å². The molecule has 1 aliphatic heterocycles. The Balaban J connectivity index is 1.37. The fourth-order valence-electron chi connectivity index (χ4n) is 6.79. The number of carbonyl (C=O) groups is 1. The molecule has 1 heterocycles. The maximum Gasteiger partial charge on any atom is 0.232 e. The summed E-state index contributed by atoms with van der Waals surface area (Å²) in [7, 11) is 0. The van der Waals surface area contributed by atoms with Crippen LogP contribution in [0, 0.1) is 17.8 Å². The van der Waals surface area contributed by atoms with Gasteiger partial charge in [-0.25, -0.2) is 0 Å². The van der Waals surface area contributed by atoms with Gasteiger partial charge >= 0.3 is 0 Å². The van der Waals surface area contributed by atoms with Gasteiger partial charge in [-0.1, -0.05) is 36.4 Å². The van der Waals surface area contributed by atoms with Gasteiger partial charge in [0.2, 0.25) is 5.91 Å². The Labute approximate surface area is 160 Å². The Morgan fingerprint density at radius 2 is 1.30 bits per heavy atom. The molecule has 7 rings (SSSR count). The fourth-order valence-corrected chi connectivity index (χ4v) is 6.79. The largest absolute Gasteiger partial charge is 0.457 e. The standard InChI is InChI=1S/C24H25NO2/c26-23(25-24-12-15-9-16(13-24)11-17(10-15)14-24)22-18-5-1-3-7-20(18)27-21-8-4-2-6-19(21)22/h1-8,15-17,22H,9-14H2,(H,25,26). The zero-order chi connectivity index (χ0) is 18.0. The molecular weight excluding hydrogens is 334 g/mol. The smallest absolute Gasteiger partial charge is 0.232 e. The van der Waals surface area contributed by atoms with Crippen molar-refractivity contribution in [2.75, 3.05) is 0 Å². The molecule has 138 valence electrons. The summed E-state index contributed by atoms with van der Waals surface area (Å²) < 4.78 is 6.07. The SMILES string of the molecule is O=C(NC12CC3CC(CC(C3)C1)C2)C1c2ccccc2Oc2ccccc21. The lowest BCUT2D eigenvalue weighted by Crippen LogP contribution is -2.60.